The second kappa shape index (κ2) is 11.6. The number of nitrogens with zero attached hydrogens (tertiary/aromatic N) is 2. The summed E-state index contributed by atoms with van der Waals surface area (Å²) in [5.74, 6) is -0.151. The summed E-state index contributed by atoms with van der Waals surface area (Å²) in [4.78, 5) is 17.8. The molecule has 7 heteroatoms. The maximum Gasteiger partial charge on any atom is 0.241 e. The number of sulfonamides is 1. The van der Waals surface area contributed by atoms with Gasteiger partial charge in [-0.2, -0.15) is 4.72 Å². The number of hydrogen-bond donors (Lipinski definition) is 1. The number of rotatable bonds is 9. The van der Waals surface area contributed by atoms with E-state index >= 15 is 0 Å². The highest BCUT2D eigenvalue weighted by molar-refractivity contribution is 7.89. The molecule has 3 aromatic carbocycles. The number of carbonyl (C=O) groups is 1. The van der Waals surface area contributed by atoms with Crippen LogP contribution in [0.2, 0.25) is 0 Å². The Bertz CT molecular complexity index is 1140. The lowest BCUT2D eigenvalue weighted by Gasteiger charge is -2.40. The molecule has 1 amide bonds. The summed E-state index contributed by atoms with van der Waals surface area (Å²) in [5.41, 5.74) is 2.44. The van der Waals surface area contributed by atoms with Crippen molar-refractivity contribution in [3.8, 4) is 0 Å². The van der Waals surface area contributed by atoms with Gasteiger partial charge in [-0.25, -0.2) is 8.42 Å². The third-order valence-corrected chi connectivity index (χ3v) is 7.94. The third-order valence-electron chi connectivity index (χ3n) is 6.45. The second-order valence-electron chi connectivity index (χ2n) is 8.86. The zero-order valence-electron chi connectivity index (χ0n) is 20.1. The van der Waals surface area contributed by atoms with Crippen LogP contribution in [0.1, 0.15) is 36.9 Å². The number of amides is 1. The minimum Gasteiger partial charge on any atom is -0.339 e. The molecule has 1 N–H and O–H groups in total. The van der Waals surface area contributed by atoms with E-state index in [1.165, 1.54) is 11.1 Å². The van der Waals surface area contributed by atoms with Gasteiger partial charge in [-0.3, -0.25) is 9.69 Å². The maximum atomic E-state index is 13.4. The highest BCUT2D eigenvalue weighted by Crippen LogP contribution is 2.29. The van der Waals surface area contributed by atoms with Crippen LogP contribution < -0.4 is 4.72 Å². The molecule has 0 saturated carbocycles. The van der Waals surface area contributed by atoms with Crippen molar-refractivity contribution in [3.63, 3.8) is 0 Å². The molecule has 0 spiro atoms. The Labute approximate surface area is 208 Å². The highest BCUT2D eigenvalue weighted by Gasteiger charge is 2.32. The Kier molecular flexibility index (Phi) is 8.33. The highest BCUT2D eigenvalue weighted by atomic mass is 32.2. The van der Waals surface area contributed by atoms with E-state index in [1.54, 1.807) is 35.2 Å². The standard InChI is InChI=1S/C28H33N3O3S/c1-2-12-26(29-35(33,34)25-17-10-5-11-18-25)28(32)31-21-19-30(20-22-31)27(23-13-6-3-7-14-23)24-15-8-4-9-16-24/h3-11,13-18,26-27,29H,2,12,19-22H2,1H3. The maximum absolute atomic E-state index is 13.4. The van der Waals surface area contributed by atoms with Crippen LogP contribution in [-0.4, -0.2) is 56.3 Å². The van der Waals surface area contributed by atoms with Crippen molar-refractivity contribution in [1.82, 2.24) is 14.5 Å². The van der Waals surface area contributed by atoms with Crippen molar-refractivity contribution >= 4 is 15.9 Å². The molecule has 1 saturated heterocycles. The summed E-state index contributed by atoms with van der Waals surface area (Å²) < 4.78 is 28.4. The van der Waals surface area contributed by atoms with Crippen LogP contribution in [0.25, 0.3) is 0 Å². The lowest BCUT2D eigenvalue weighted by molar-refractivity contribution is -0.135. The number of carbonyl (C=O) groups excluding carboxylic acids is 1. The summed E-state index contributed by atoms with van der Waals surface area (Å²) in [5, 5.41) is 0. The molecule has 35 heavy (non-hydrogen) atoms. The van der Waals surface area contributed by atoms with Gasteiger partial charge in [-0.05, 0) is 29.7 Å². The van der Waals surface area contributed by atoms with Crippen LogP contribution in [0.4, 0.5) is 0 Å². The Hall–Kier alpha value is -3.00. The normalized spacial score (nSPS) is 15.8. The molecular weight excluding hydrogens is 458 g/mol. The minimum atomic E-state index is -3.77. The fraction of sp³-hybridized carbons (Fsp3) is 0.321. The van der Waals surface area contributed by atoms with Gasteiger partial charge in [0, 0.05) is 26.2 Å². The first-order valence-corrected chi connectivity index (χ1v) is 13.7. The van der Waals surface area contributed by atoms with Crippen molar-refractivity contribution in [3.05, 3.63) is 102 Å². The van der Waals surface area contributed by atoms with E-state index in [2.05, 4.69) is 58.2 Å². The van der Waals surface area contributed by atoms with Crippen molar-refractivity contribution < 1.29 is 13.2 Å². The van der Waals surface area contributed by atoms with Crippen LogP contribution in [0.5, 0.6) is 0 Å². The quantitative estimate of drug-likeness (QED) is 0.490. The number of nitrogens with one attached hydrogen (secondary N) is 1. The second-order valence-corrected chi connectivity index (χ2v) is 10.6. The molecule has 1 unspecified atom stereocenters. The fourth-order valence-electron chi connectivity index (χ4n) is 4.68. The smallest absolute Gasteiger partial charge is 0.241 e. The van der Waals surface area contributed by atoms with Crippen molar-refractivity contribution in [2.45, 2.75) is 36.7 Å². The van der Waals surface area contributed by atoms with E-state index in [-0.39, 0.29) is 16.8 Å². The van der Waals surface area contributed by atoms with Gasteiger partial charge in [0.2, 0.25) is 15.9 Å². The molecule has 1 aliphatic heterocycles. The molecule has 0 aliphatic carbocycles. The van der Waals surface area contributed by atoms with Crippen LogP contribution >= 0.6 is 0 Å². The van der Waals surface area contributed by atoms with Crippen molar-refractivity contribution in [2.75, 3.05) is 26.2 Å². The molecule has 184 valence electrons. The van der Waals surface area contributed by atoms with Gasteiger partial charge in [0.15, 0.2) is 0 Å². The fourth-order valence-corrected chi connectivity index (χ4v) is 5.93. The first-order chi connectivity index (χ1) is 17.0. The Morgan fingerprint density at radius 2 is 1.29 bits per heavy atom. The molecule has 6 nitrogen and oxygen atoms in total. The van der Waals surface area contributed by atoms with E-state index in [0.717, 1.165) is 0 Å². The Balaban J connectivity index is 1.46. The van der Waals surface area contributed by atoms with Crippen LogP contribution in [0.3, 0.4) is 0 Å². The van der Waals surface area contributed by atoms with Crippen molar-refractivity contribution in [1.29, 1.82) is 0 Å². The van der Waals surface area contributed by atoms with Gasteiger partial charge in [0.25, 0.3) is 0 Å². The molecule has 0 bridgehead atoms. The average molecular weight is 492 g/mol. The van der Waals surface area contributed by atoms with Crippen LogP contribution in [0.15, 0.2) is 95.9 Å². The van der Waals surface area contributed by atoms with E-state index in [1.807, 2.05) is 19.1 Å². The number of piperazine rings is 1. The first kappa shape index (κ1) is 25.1. The molecule has 0 aromatic heterocycles. The average Bonchev–Trinajstić information content (AvgIpc) is 2.90. The lowest BCUT2D eigenvalue weighted by atomic mass is 9.96. The Morgan fingerprint density at radius 3 is 1.77 bits per heavy atom. The van der Waals surface area contributed by atoms with E-state index in [9.17, 15) is 13.2 Å². The van der Waals surface area contributed by atoms with Crippen LogP contribution in [-0.2, 0) is 14.8 Å². The molecule has 0 radical (unpaired) electrons. The van der Waals surface area contributed by atoms with Crippen molar-refractivity contribution in [2.24, 2.45) is 0 Å². The molecule has 4 rings (SSSR count). The summed E-state index contributed by atoms with van der Waals surface area (Å²) in [6.07, 6.45) is 1.17. The van der Waals surface area contributed by atoms with Gasteiger partial charge in [0.1, 0.15) is 6.04 Å². The van der Waals surface area contributed by atoms with Gasteiger partial charge in [-0.1, -0.05) is 92.2 Å². The van der Waals surface area contributed by atoms with E-state index in [4.69, 9.17) is 0 Å². The summed E-state index contributed by atoms with van der Waals surface area (Å²) >= 11 is 0. The lowest BCUT2D eigenvalue weighted by Crippen LogP contribution is -2.55. The largest absolute Gasteiger partial charge is 0.339 e. The zero-order valence-corrected chi connectivity index (χ0v) is 20.9. The SMILES string of the molecule is CCCC(NS(=O)(=O)c1ccccc1)C(=O)N1CCN(C(c2ccccc2)c2ccccc2)CC1. The van der Waals surface area contributed by atoms with Gasteiger partial charge < -0.3 is 4.90 Å². The summed E-state index contributed by atoms with van der Waals surface area (Å²) in [6.45, 7) is 4.50. The van der Waals surface area contributed by atoms with Gasteiger partial charge in [0.05, 0.1) is 10.9 Å². The zero-order chi connectivity index (χ0) is 24.7. The van der Waals surface area contributed by atoms with Gasteiger partial charge >= 0.3 is 0 Å². The summed E-state index contributed by atoms with van der Waals surface area (Å²) in [7, 11) is -3.77. The molecular formula is C28H33N3O3S. The topological polar surface area (TPSA) is 69.7 Å². The van der Waals surface area contributed by atoms with Crippen LogP contribution in [0, 0.1) is 0 Å². The molecule has 1 heterocycles. The monoisotopic (exact) mass is 491 g/mol. The molecule has 1 atom stereocenters. The van der Waals surface area contributed by atoms with Gasteiger partial charge in [-0.15, -0.1) is 0 Å². The number of hydrogen-bond acceptors (Lipinski definition) is 4. The minimum absolute atomic E-state index is 0.109. The predicted octanol–water partition coefficient (Wildman–Crippen LogP) is 4.07. The predicted molar refractivity (Wildman–Crippen MR) is 138 cm³/mol. The van der Waals surface area contributed by atoms with E-state index in [0.29, 0.717) is 39.0 Å². The van der Waals surface area contributed by atoms with E-state index < -0.39 is 16.1 Å². The first-order valence-electron chi connectivity index (χ1n) is 12.2. The third kappa shape index (κ3) is 6.17. The molecule has 3 aromatic rings. The number of benzene rings is 3. The summed E-state index contributed by atoms with van der Waals surface area (Å²) in [6, 6.07) is 28.4. The molecule has 1 fully saturated rings. The Morgan fingerprint density at radius 1 is 0.800 bits per heavy atom. The molecule has 1 aliphatic rings.